The molecule has 9 N–H and O–H groups in total. The standard InChI is InChI=1S/C27H24O19/c28-5-12-21-20(37)22(27(43-12)46-23(38)6-1-8(29)17(34)9(30)2-6)45-25(40)16-15-11(4-10(31)18(16)35)42-26(41)19(36)14(15)7(3-13(32)33)24(39)44-21/h1-2,4,7,12,14,19-22,27-31,34-37H,3,5H2,(H,32,33)/t7-,12+,14-,19-,20-,21+,22+,27-/m0/s1. The minimum Gasteiger partial charge on any atom is -0.504 e. The normalized spacial score (nSPS) is 28.9. The Kier molecular flexibility index (Phi) is 8.26. The number of aromatic hydroxyl groups is 5. The van der Waals surface area contributed by atoms with Gasteiger partial charge < -0.3 is 69.6 Å². The molecule has 3 heterocycles. The van der Waals surface area contributed by atoms with Crippen molar-refractivity contribution in [2.24, 2.45) is 5.92 Å². The first-order valence-electron chi connectivity index (χ1n) is 13.2. The predicted octanol–water partition coefficient (Wildman–Crippen LogP) is -1.95. The van der Waals surface area contributed by atoms with E-state index in [9.17, 15) is 69.9 Å². The van der Waals surface area contributed by atoms with Gasteiger partial charge in [0.2, 0.25) is 6.29 Å². The van der Waals surface area contributed by atoms with Crippen molar-refractivity contribution in [1.29, 1.82) is 0 Å². The average molecular weight is 652 g/mol. The van der Waals surface area contributed by atoms with Crippen LogP contribution in [-0.2, 0) is 33.3 Å². The molecule has 0 spiro atoms. The number of aliphatic hydroxyl groups is 3. The van der Waals surface area contributed by atoms with Gasteiger partial charge in [-0.2, -0.15) is 0 Å². The summed E-state index contributed by atoms with van der Waals surface area (Å²) < 4.78 is 26.2. The zero-order valence-corrected chi connectivity index (χ0v) is 22.9. The molecule has 19 nitrogen and oxygen atoms in total. The van der Waals surface area contributed by atoms with Crippen LogP contribution in [0.15, 0.2) is 18.2 Å². The van der Waals surface area contributed by atoms with Crippen molar-refractivity contribution < 1.29 is 93.6 Å². The SMILES string of the molecule is O=C(O)C[C@@H]1C(=O)O[C@H]2[C@H](O)[C@@H](OC(=O)c3c(O)c(O)cc4c3[C@H]1[C@H](O)C(=O)O4)[C@H](OC(=O)c1cc(O)c(O)c(O)c1)O[C@@H]2CO. The van der Waals surface area contributed by atoms with Crippen LogP contribution in [0.25, 0.3) is 0 Å². The summed E-state index contributed by atoms with van der Waals surface area (Å²) in [6, 6.07) is 1.98. The second-order valence-electron chi connectivity index (χ2n) is 10.4. The highest BCUT2D eigenvalue weighted by atomic mass is 16.7. The summed E-state index contributed by atoms with van der Waals surface area (Å²) in [7, 11) is 0. The van der Waals surface area contributed by atoms with E-state index in [0.717, 1.165) is 0 Å². The summed E-state index contributed by atoms with van der Waals surface area (Å²) >= 11 is 0. The van der Waals surface area contributed by atoms with Crippen molar-refractivity contribution in [3.05, 3.63) is 34.9 Å². The van der Waals surface area contributed by atoms with Gasteiger partial charge in [0.25, 0.3) is 0 Å². The van der Waals surface area contributed by atoms with E-state index in [1.165, 1.54) is 0 Å². The third-order valence-electron chi connectivity index (χ3n) is 7.56. The number of ether oxygens (including phenoxy) is 5. The van der Waals surface area contributed by atoms with Crippen LogP contribution < -0.4 is 4.74 Å². The predicted molar refractivity (Wildman–Crippen MR) is 138 cm³/mol. The van der Waals surface area contributed by atoms with Gasteiger partial charge in [-0.15, -0.1) is 0 Å². The van der Waals surface area contributed by atoms with Crippen molar-refractivity contribution in [2.75, 3.05) is 6.61 Å². The van der Waals surface area contributed by atoms with E-state index in [1.54, 1.807) is 0 Å². The highest BCUT2D eigenvalue weighted by molar-refractivity contribution is 5.99. The van der Waals surface area contributed by atoms with Crippen molar-refractivity contribution >= 4 is 29.8 Å². The lowest BCUT2D eigenvalue weighted by atomic mass is 9.76. The van der Waals surface area contributed by atoms with Gasteiger partial charge in [0, 0.05) is 17.5 Å². The molecular formula is C27H24O19. The molecule has 0 radical (unpaired) electrons. The molecule has 2 aromatic carbocycles. The third-order valence-corrected chi connectivity index (χ3v) is 7.56. The highest BCUT2D eigenvalue weighted by Gasteiger charge is 2.55. The lowest BCUT2D eigenvalue weighted by Crippen LogP contribution is -2.62. The van der Waals surface area contributed by atoms with Crippen LogP contribution in [0.5, 0.6) is 34.5 Å². The number of phenolic OH excluding ortho intramolecular Hbond substituents is 5. The molecule has 19 heteroatoms. The zero-order valence-electron chi connectivity index (χ0n) is 22.9. The second kappa shape index (κ2) is 11.9. The third kappa shape index (κ3) is 5.40. The molecule has 3 aliphatic rings. The van der Waals surface area contributed by atoms with E-state index in [1.807, 2.05) is 0 Å². The molecule has 0 aliphatic carbocycles. The van der Waals surface area contributed by atoms with Crippen LogP contribution in [0.4, 0.5) is 0 Å². The van der Waals surface area contributed by atoms with Gasteiger partial charge in [-0.1, -0.05) is 0 Å². The molecule has 1 saturated heterocycles. The molecule has 2 bridgehead atoms. The number of fused-ring (bicyclic) bond motifs is 2. The van der Waals surface area contributed by atoms with Gasteiger partial charge in [-0.3, -0.25) is 9.59 Å². The number of aliphatic hydroxyl groups excluding tert-OH is 3. The maximum Gasteiger partial charge on any atom is 0.343 e. The highest BCUT2D eigenvalue weighted by Crippen LogP contribution is 2.49. The molecule has 246 valence electrons. The van der Waals surface area contributed by atoms with E-state index < -0.39 is 143 Å². The lowest BCUT2D eigenvalue weighted by Gasteiger charge is -2.42. The summed E-state index contributed by atoms with van der Waals surface area (Å²) in [6.45, 7) is -1.06. The maximum absolute atomic E-state index is 13.7. The average Bonchev–Trinajstić information content (AvgIpc) is 2.99. The summed E-state index contributed by atoms with van der Waals surface area (Å²) in [6.07, 6.45) is -13.9. The van der Waals surface area contributed by atoms with Crippen LogP contribution in [0.1, 0.15) is 38.6 Å². The number of aliphatic carboxylic acids is 1. The number of carboxylic acid groups (broad SMARTS) is 1. The Morgan fingerprint density at radius 1 is 0.848 bits per heavy atom. The smallest absolute Gasteiger partial charge is 0.343 e. The molecule has 0 aromatic heterocycles. The van der Waals surface area contributed by atoms with Crippen LogP contribution in [-0.4, -0.2) is 119 Å². The van der Waals surface area contributed by atoms with Gasteiger partial charge in [0.05, 0.1) is 24.5 Å². The fourth-order valence-electron chi connectivity index (χ4n) is 5.42. The topological polar surface area (TPSA) is 314 Å². The maximum atomic E-state index is 13.7. The molecule has 0 unspecified atom stereocenters. The van der Waals surface area contributed by atoms with Crippen molar-refractivity contribution in [3.63, 3.8) is 0 Å². The first-order chi connectivity index (χ1) is 21.6. The van der Waals surface area contributed by atoms with Gasteiger partial charge in [-0.05, 0) is 12.1 Å². The Bertz CT molecular complexity index is 1610. The Morgan fingerprint density at radius 2 is 1.48 bits per heavy atom. The molecule has 3 aliphatic heterocycles. The summed E-state index contributed by atoms with van der Waals surface area (Å²) in [5, 5.41) is 91.7. The van der Waals surface area contributed by atoms with Crippen molar-refractivity contribution in [1.82, 2.24) is 0 Å². The summed E-state index contributed by atoms with van der Waals surface area (Å²) in [5.74, 6) is -17.6. The van der Waals surface area contributed by atoms with Crippen molar-refractivity contribution in [3.8, 4) is 34.5 Å². The minimum atomic E-state index is -2.35. The molecule has 46 heavy (non-hydrogen) atoms. The number of benzene rings is 2. The molecule has 2 aromatic rings. The van der Waals surface area contributed by atoms with Crippen LogP contribution >= 0.6 is 0 Å². The van der Waals surface area contributed by atoms with E-state index in [-0.39, 0.29) is 0 Å². The first kappa shape index (κ1) is 32.0. The van der Waals surface area contributed by atoms with Crippen LogP contribution in [0.2, 0.25) is 0 Å². The Hall–Kier alpha value is -5.37. The number of carbonyl (C=O) groups excluding carboxylic acids is 4. The number of hydrogen-bond donors (Lipinski definition) is 9. The molecule has 0 amide bonds. The number of carboxylic acids is 1. The van der Waals surface area contributed by atoms with Gasteiger partial charge in [-0.25, -0.2) is 14.4 Å². The number of carbonyl (C=O) groups is 5. The van der Waals surface area contributed by atoms with Gasteiger partial charge in [0.1, 0.15) is 23.5 Å². The molecule has 8 atom stereocenters. The summed E-state index contributed by atoms with van der Waals surface area (Å²) in [4.78, 5) is 64.5. The van der Waals surface area contributed by atoms with E-state index in [4.69, 9.17) is 23.7 Å². The monoisotopic (exact) mass is 652 g/mol. The molecular weight excluding hydrogens is 628 g/mol. The fourth-order valence-corrected chi connectivity index (χ4v) is 5.42. The van der Waals surface area contributed by atoms with Crippen LogP contribution in [0.3, 0.4) is 0 Å². The number of rotatable bonds is 5. The van der Waals surface area contributed by atoms with E-state index in [2.05, 4.69) is 0 Å². The van der Waals surface area contributed by atoms with E-state index >= 15 is 0 Å². The Labute approximate surface area is 254 Å². The van der Waals surface area contributed by atoms with Crippen molar-refractivity contribution in [2.45, 2.75) is 49.1 Å². The minimum absolute atomic E-state index is 0.599. The van der Waals surface area contributed by atoms with Crippen LogP contribution in [0, 0.1) is 5.92 Å². The quantitative estimate of drug-likeness (QED) is 0.0733. The fraction of sp³-hybridized carbons (Fsp3) is 0.370. The number of hydrogen-bond acceptors (Lipinski definition) is 18. The van der Waals surface area contributed by atoms with Gasteiger partial charge in [0.15, 0.2) is 47.1 Å². The number of esters is 4. The lowest BCUT2D eigenvalue weighted by molar-refractivity contribution is -0.288. The zero-order chi connectivity index (χ0) is 33.8. The molecule has 1 fully saturated rings. The second-order valence-corrected chi connectivity index (χ2v) is 10.4. The van der Waals surface area contributed by atoms with Gasteiger partial charge >= 0.3 is 29.8 Å². The molecule has 0 saturated carbocycles. The molecule has 5 rings (SSSR count). The number of phenols is 5. The largest absolute Gasteiger partial charge is 0.504 e. The Morgan fingerprint density at radius 3 is 2.09 bits per heavy atom. The Balaban J connectivity index is 1.65. The van der Waals surface area contributed by atoms with E-state index in [0.29, 0.717) is 18.2 Å². The first-order valence-corrected chi connectivity index (χ1v) is 13.2. The summed E-state index contributed by atoms with van der Waals surface area (Å²) in [5.41, 5.74) is -2.31.